The molecule has 1 aromatic heterocycles. The average molecular weight is 423 g/mol. The van der Waals surface area contributed by atoms with Crippen LogP contribution in [0.5, 0.6) is 0 Å². The summed E-state index contributed by atoms with van der Waals surface area (Å²) in [4.78, 5) is 14.3. The monoisotopic (exact) mass is 422 g/mol. The molecule has 1 aliphatic rings. The van der Waals surface area contributed by atoms with Gasteiger partial charge in [-0.05, 0) is 43.9 Å². The molecule has 0 radical (unpaired) electrons. The molecule has 1 aromatic carbocycles. The molecule has 29 heavy (non-hydrogen) atoms. The van der Waals surface area contributed by atoms with Crippen LogP contribution in [0.15, 0.2) is 30.3 Å². The summed E-state index contributed by atoms with van der Waals surface area (Å²) in [5.41, 5.74) is 2.35. The lowest BCUT2D eigenvalue weighted by atomic mass is 9.96. The van der Waals surface area contributed by atoms with Gasteiger partial charge in [0.1, 0.15) is 5.82 Å². The second kappa shape index (κ2) is 9.04. The number of benzene rings is 1. The number of nitrogens with zero attached hydrogens (tertiary/aromatic N) is 3. The van der Waals surface area contributed by atoms with Crippen LogP contribution in [-0.2, 0) is 21.2 Å². The summed E-state index contributed by atoms with van der Waals surface area (Å²) in [6, 6.07) is 8.21. The third-order valence-corrected chi connectivity index (χ3v) is 6.64. The summed E-state index contributed by atoms with van der Waals surface area (Å²) in [6.45, 7) is 1.42. The van der Waals surface area contributed by atoms with Gasteiger partial charge in [0.05, 0.1) is 11.9 Å². The van der Waals surface area contributed by atoms with E-state index in [0.717, 1.165) is 24.1 Å². The Bertz CT molecular complexity index is 952. The van der Waals surface area contributed by atoms with Crippen LogP contribution in [0.1, 0.15) is 25.0 Å². The number of aromatic amines is 1. The number of carbonyl (C=O) groups is 1. The number of H-pyrrole nitrogens is 1. The molecule has 1 amide bonds. The molecule has 0 bridgehead atoms. The molecular weight excluding hydrogens is 395 g/mol. The molecule has 9 heteroatoms. The zero-order valence-corrected chi connectivity index (χ0v) is 17.6. The first-order valence-corrected chi connectivity index (χ1v) is 11.6. The molecule has 0 unspecified atom stereocenters. The highest BCUT2D eigenvalue weighted by Crippen LogP contribution is 2.22. The topological polar surface area (TPSA) is 86.4 Å². The number of amides is 1. The number of aromatic nitrogens is 2. The second-order valence-corrected chi connectivity index (χ2v) is 9.57. The molecule has 1 fully saturated rings. The molecule has 158 valence electrons. The molecule has 1 N–H and O–H groups in total. The van der Waals surface area contributed by atoms with E-state index in [1.807, 2.05) is 12.1 Å². The van der Waals surface area contributed by atoms with E-state index in [-0.39, 0.29) is 17.6 Å². The lowest BCUT2D eigenvalue weighted by molar-refractivity contribution is -0.135. The quantitative estimate of drug-likeness (QED) is 0.742. The van der Waals surface area contributed by atoms with Crippen molar-refractivity contribution in [3.05, 3.63) is 41.8 Å². The van der Waals surface area contributed by atoms with Crippen molar-refractivity contribution in [1.29, 1.82) is 0 Å². The number of aryl methyl sites for hydroxylation is 1. The van der Waals surface area contributed by atoms with E-state index in [0.29, 0.717) is 38.2 Å². The van der Waals surface area contributed by atoms with E-state index in [2.05, 4.69) is 10.2 Å². The Kier molecular flexibility index (Phi) is 6.69. The lowest BCUT2D eigenvalue weighted by Crippen LogP contribution is -2.43. The van der Waals surface area contributed by atoms with Crippen LogP contribution in [0, 0.1) is 11.7 Å². The number of hydrogen-bond acceptors (Lipinski definition) is 4. The van der Waals surface area contributed by atoms with Crippen molar-refractivity contribution in [2.75, 3.05) is 32.9 Å². The van der Waals surface area contributed by atoms with Gasteiger partial charge in [0.2, 0.25) is 15.9 Å². The standard InChI is InChI=1S/C20H27FN4O3S/c1-24(20(26)15-8-11-25(12-9-15)29(2,27)28)10-4-7-18-14-19(23-22-18)16-5-3-6-17(21)13-16/h3,5-6,13-15H,4,7-12H2,1-2H3,(H,22,23). The second-order valence-electron chi connectivity index (χ2n) is 7.59. The summed E-state index contributed by atoms with van der Waals surface area (Å²) in [5, 5.41) is 7.21. The predicted octanol–water partition coefficient (Wildman–Crippen LogP) is 2.28. The fraction of sp³-hybridized carbons (Fsp3) is 0.500. The molecule has 2 aromatic rings. The fourth-order valence-electron chi connectivity index (χ4n) is 3.65. The van der Waals surface area contributed by atoms with Crippen molar-refractivity contribution < 1.29 is 17.6 Å². The number of sulfonamides is 1. The Hall–Kier alpha value is -2.26. The lowest BCUT2D eigenvalue weighted by Gasteiger charge is -2.31. The van der Waals surface area contributed by atoms with Crippen LogP contribution < -0.4 is 0 Å². The average Bonchev–Trinajstić information content (AvgIpc) is 3.16. The number of carbonyl (C=O) groups excluding carboxylic acids is 1. The molecular formula is C20H27FN4O3S. The van der Waals surface area contributed by atoms with E-state index < -0.39 is 10.0 Å². The number of nitrogens with one attached hydrogen (secondary N) is 1. The molecule has 2 heterocycles. The number of rotatable bonds is 7. The van der Waals surface area contributed by atoms with Gasteiger partial charge in [-0.3, -0.25) is 9.89 Å². The predicted molar refractivity (Wildman–Crippen MR) is 109 cm³/mol. The van der Waals surface area contributed by atoms with Crippen molar-refractivity contribution >= 4 is 15.9 Å². The van der Waals surface area contributed by atoms with Gasteiger partial charge in [0.25, 0.3) is 0 Å². The van der Waals surface area contributed by atoms with Gasteiger partial charge in [-0.2, -0.15) is 5.10 Å². The number of hydrogen-bond donors (Lipinski definition) is 1. The highest BCUT2D eigenvalue weighted by molar-refractivity contribution is 7.88. The van der Waals surface area contributed by atoms with Gasteiger partial charge in [0.15, 0.2) is 0 Å². The van der Waals surface area contributed by atoms with Crippen LogP contribution in [0.2, 0.25) is 0 Å². The summed E-state index contributed by atoms with van der Waals surface area (Å²) in [6.07, 6.45) is 3.83. The molecule has 7 nitrogen and oxygen atoms in total. The van der Waals surface area contributed by atoms with E-state index in [1.165, 1.54) is 22.7 Å². The fourth-order valence-corrected chi connectivity index (χ4v) is 4.52. The van der Waals surface area contributed by atoms with E-state index in [9.17, 15) is 17.6 Å². The Morgan fingerprint density at radius 2 is 2.03 bits per heavy atom. The first kappa shape index (κ1) is 21.4. The maximum atomic E-state index is 13.4. The van der Waals surface area contributed by atoms with Crippen LogP contribution in [0.3, 0.4) is 0 Å². The van der Waals surface area contributed by atoms with E-state index >= 15 is 0 Å². The zero-order valence-electron chi connectivity index (χ0n) is 16.8. The number of halogens is 1. The van der Waals surface area contributed by atoms with Crippen LogP contribution in [0.4, 0.5) is 4.39 Å². The first-order valence-electron chi connectivity index (χ1n) is 9.74. The third-order valence-electron chi connectivity index (χ3n) is 5.34. The Labute approximate surface area is 171 Å². The minimum atomic E-state index is -3.18. The van der Waals surface area contributed by atoms with Crippen LogP contribution in [-0.4, -0.2) is 66.7 Å². The Morgan fingerprint density at radius 3 is 2.69 bits per heavy atom. The molecule has 1 saturated heterocycles. The van der Waals surface area contributed by atoms with Gasteiger partial charge < -0.3 is 4.90 Å². The highest BCUT2D eigenvalue weighted by Gasteiger charge is 2.30. The normalized spacial score (nSPS) is 16.1. The summed E-state index contributed by atoms with van der Waals surface area (Å²) >= 11 is 0. The van der Waals surface area contributed by atoms with Crippen molar-refractivity contribution in [2.45, 2.75) is 25.7 Å². The van der Waals surface area contributed by atoms with Crippen molar-refractivity contribution in [3.63, 3.8) is 0 Å². The molecule has 3 rings (SSSR count). The molecule has 0 spiro atoms. The maximum absolute atomic E-state index is 13.4. The Morgan fingerprint density at radius 1 is 1.31 bits per heavy atom. The Balaban J connectivity index is 1.45. The van der Waals surface area contributed by atoms with Gasteiger partial charge >= 0.3 is 0 Å². The molecule has 0 aliphatic carbocycles. The maximum Gasteiger partial charge on any atom is 0.225 e. The smallest absolute Gasteiger partial charge is 0.225 e. The van der Waals surface area contributed by atoms with Crippen LogP contribution >= 0.6 is 0 Å². The van der Waals surface area contributed by atoms with Gasteiger partial charge in [-0.1, -0.05) is 12.1 Å². The minimum Gasteiger partial charge on any atom is -0.346 e. The van der Waals surface area contributed by atoms with Crippen LogP contribution in [0.25, 0.3) is 11.3 Å². The minimum absolute atomic E-state index is 0.0724. The highest BCUT2D eigenvalue weighted by atomic mass is 32.2. The van der Waals surface area contributed by atoms with Gasteiger partial charge in [-0.15, -0.1) is 0 Å². The van der Waals surface area contributed by atoms with E-state index in [1.54, 1.807) is 18.0 Å². The summed E-state index contributed by atoms with van der Waals surface area (Å²) in [5.74, 6) is -0.345. The third kappa shape index (κ3) is 5.63. The molecule has 1 aliphatic heterocycles. The zero-order chi connectivity index (χ0) is 21.0. The largest absolute Gasteiger partial charge is 0.346 e. The van der Waals surface area contributed by atoms with Crippen molar-refractivity contribution in [3.8, 4) is 11.3 Å². The van der Waals surface area contributed by atoms with E-state index in [4.69, 9.17) is 0 Å². The summed E-state index contributed by atoms with van der Waals surface area (Å²) in [7, 11) is -1.39. The SMILES string of the molecule is CN(CCCc1cc(-c2cccc(F)c2)n[nH]1)C(=O)C1CCN(S(C)(=O)=O)CC1. The number of piperidine rings is 1. The van der Waals surface area contributed by atoms with Crippen molar-refractivity contribution in [1.82, 2.24) is 19.4 Å². The van der Waals surface area contributed by atoms with Gasteiger partial charge in [0, 0.05) is 43.9 Å². The summed E-state index contributed by atoms with van der Waals surface area (Å²) < 4.78 is 38.0. The van der Waals surface area contributed by atoms with Crippen molar-refractivity contribution in [2.24, 2.45) is 5.92 Å². The molecule has 0 saturated carbocycles. The van der Waals surface area contributed by atoms with Gasteiger partial charge in [-0.25, -0.2) is 17.1 Å². The molecule has 0 atom stereocenters. The first-order chi connectivity index (χ1) is 13.7.